The van der Waals surface area contributed by atoms with E-state index in [1.165, 1.54) is 28.1 Å². The van der Waals surface area contributed by atoms with E-state index in [1.54, 1.807) is 42.5 Å². The van der Waals surface area contributed by atoms with E-state index < -0.39 is 17.2 Å². The van der Waals surface area contributed by atoms with Crippen molar-refractivity contribution in [2.24, 2.45) is 5.41 Å². The lowest BCUT2D eigenvalue weighted by Gasteiger charge is -2.23. The maximum Gasteiger partial charge on any atom is 0.239 e. The molecule has 0 spiro atoms. The van der Waals surface area contributed by atoms with Gasteiger partial charge in [-0.15, -0.1) is 0 Å². The predicted molar refractivity (Wildman–Crippen MR) is 102 cm³/mol. The summed E-state index contributed by atoms with van der Waals surface area (Å²) in [6.07, 6.45) is 0. The van der Waals surface area contributed by atoms with Crippen LogP contribution in [0.5, 0.6) is 11.5 Å². The smallest absolute Gasteiger partial charge is 0.239 e. The molecule has 7 nitrogen and oxygen atoms in total. The number of hydrogen-bond acceptors (Lipinski definition) is 5. The number of nitrogens with one attached hydrogen (secondary N) is 2. The second-order valence-corrected chi connectivity index (χ2v) is 6.30. The van der Waals surface area contributed by atoms with Gasteiger partial charge in [-0.2, -0.15) is 5.26 Å². The van der Waals surface area contributed by atoms with Gasteiger partial charge in [-0.3, -0.25) is 9.59 Å². The third-order valence-corrected chi connectivity index (χ3v) is 4.03. The van der Waals surface area contributed by atoms with E-state index in [2.05, 4.69) is 10.6 Å². The van der Waals surface area contributed by atoms with Crippen LogP contribution in [0.1, 0.15) is 19.4 Å². The maximum atomic E-state index is 12.6. The molecule has 0 saturated carbocycles. The first-order chi connectivity index (χ1) is 12.8. The lowest BCUT2D eigenvalue weighted by Crippen LogP contribution is -2.41. The number of carbonyl (C=O) groups excluding carboxylic acids is 2. The van der Waals surface area contributed by atoms with Crippen LogP contribution < -0.4 is 20.1 Å². The summed E-state index contributed by atoms with van der Waals surface area (Å²) >= 11 is 0. The van der Waals surface area contributed by atoms with E-state index >= 15 is 0 Å². The van der Waals surface area contributed by atoms with Crippen LogP contribution in [0, 0.1) is 16.7 Å². The highest BCUT2D eigenvalue weighted by atomic mass is 16.5. The molecule has 2 N–H and O–H groups in total. The molecule has 2 aromatic carbocycles. The number of benzene rings is 2. The molecule has 0 heterocycles. The van der Waals surface area contributed by atoms with Crippen molar-refractivity contribution in [2.75, 3.05) is 24.9 Å². The van der Waals surface area contributed by atoms with Gasteiger partial charge in [0.2, 0.25) is 11.8 Å². The van der Waals surface area contributed by atoms with Crippen LogP contribution in [-0.2, 0) is 9.59 Å². The minimum atomic E-state index is -1.35. The first-order valence-corrected chi connectivity index (χ1v) is 8.17. The number of anilines is 2. The Kier molecular flexibility index (Phi) is 6.03. The standard InChI is InChI=1S/C20H21N3O4/c1-20(2,18(24)22-14-7-5-6-13(10-14)12-21)19(25)23-15-8-9-16(26-3)17(11-15)27-4/h5-11H,1-4H3,(H,22,24)(H,23,25). The molecule has 0 bridgehead atoms. The third-order valence-electron chi connectivity index (χ3n) is 4.03. The van der Waals surface area contributed by atoms with Crippen LogP contribution >= 0.6 is 0 Å². The molecule has 2 aromatic rings. The van der Waals surface area contributed by atoms with Crippen LogP contribution in [0.25, 0.3) is 0 Å². The fraction of sp³-hybridized carbons (Fsp3) is 0.250. The van der Waals surface area contributed by atoms with Crippen LogP contribution in [0.2, 0.25) is 0 Å². The lowest BCUT2D eigenvalue weighted by atomic mass is 9.90. The summed E-state index contributed by atoms with van der Waals surface area (Å²) in [4.78, 5) is 25.2. The Bertz CT molecular complexity index is 900. The van der Waals surface area contributed by atoms with E-state index in [4.69, 9.17) is 14.7 Å². The first kappa shape index (κ1) is 19.8. The van der Waals surface area contributed by atoms with Gasteiger partial charge in [-0.1, -0.05) is 6.07 Å². The number of nitrogens with zero attached hydrogens (tertiary/aromatic N) is 1. The number of rotatable bonds is 6. The van der Waals surface area contributed by atoms with E-state index in [0.29, 0.717) is 28.4 Å². The van der Waals surface area contributed by atoms with Crippen molar-refractivity contribution in [3.63, 3.8) is 0 Å². The predicted octanol–water partition coefficient (Wildman–Crippen LogP) is 3.18. The molecule has 7 heteroatoms. The molecule has 0 fully saturated rings. The monoisotopic (exact) mass is 367 g/mol. The summed E-state index contributed by atoms with van der Waals surface area (Å²) in [6.45, 7) is 3.04. The highest BCUT2D eigenvalue weighted by molar-refractivity contribution is 6.14. The molecular weight excluding hydrogens is 346 g/mol. The number of methoxy groups -OCH3 is 2. The van der Waals surface area contributed by atoms with Gasteiger partial charge in [-0.25, -0.2) is 0 Å². The van der Waals surface area contributed by atoms with Crippen LogP contribution in [0.3, 0.4) is 0 Å². The molecule has 2 rings (SSSR count). The minimum absolute atomic E-state index is 0.417. The summed E-state index contributed by atoms with van der Waals surface area (Å²) in [5, 5.41) is 14.3. The Morgan fingerprint density at radius 2 is 1.52 bits per heavy atom. The van der Waals surface area contributed by atoms with Gasteiger partial charge in [0.1, 0.15) is 5.41 Å². The first-order valence-electron chi connectivity index (χ1n) is 8.17. The van der Waals surface area contributed by atoms with E-state index in [1.807, 2.05) is 6.07 Å². The quantitative estimate of drug-likeness (QED) is 0.764. The fourth-order valence-corrected chi connectivity index (χ4v) is 2.26. The van der Waals surface area contributed by atoms with E-state index in [-0.39, 0.29) is 0 Å². The molecule has 2 amide bonds. The molecule has 27 heavy (non-hydrogen) atoms. The number of nitriles is 1. The molecule has 0 atom stereocenters. The zero-order chi connectivity index (χ0) is 20.0. The Morgan fingerprint density at radius 3 is 2.07 bits per heavy atom. The number of carbonyl (C=O) groups is 2. The third kappa shape index (κ3) is 4.55. The zero-order valence-electron chi connectivity index (χ0n) is 15.6. The van der Waals surface area contributed by atoms with Crippen molar-refractivity contribution < 1.29 is 19.1 Å². The molecule has 0 aliphatic carbocycles. The Labute approximate surface area is 157 Å². The van der Waals surface area contributed by atoms with Crippen molar-refractivity contribution in [3.05, 3.63) is 48.0 Å². The van der Waals surface area contributed by atoms with Gasteiger partial charge in [-0.05, 0) is 44.2 Å². The number of hydrogen-bond donors (Lipinski definition) is 2. The molecular formula is C20H21N3O4. The van der Waals surface area contributed by atoms with Gasteiger partial charge in [0.15, 0.2) is 11.5 Å². The average molecular weight is 367 g/mol. The Hall–Kier alpha value is -3.53. The van der Waals surface area contributed by atoms with Gasteiger partial charge in [0, 0.05) is 17.4 Å². The summed E-state index contributed by atoms with van der Waals surface area (Å²) in [5.74, 6) is 0.0231. The Balaban J connectivity index is 2.14. The van der Waals surface area contributed by atoms with Crippen LogP contribution in [0.15, 0.2) is 42.5 Å². The van der Waals surface area contributed by atoms with Crippen molar-refractivity contribution in [1.82, 2.24) is 0 Å². The zero-order valence-corrected chi connectivity index (χ0v) is 15.6. The second-order valence-electron chi connectivity index (χ2n) is 6.30. The van der Waals surface area contributed by atoms with Gasteiger partial charge in [0.05, 0.1) is 25.9 Å². The van der Waals surface area contributed by atoms with Gasteiger partial charge < -0.3 is 20.1 Å². The SMILES string of the molecule is COc1ccc(NC(=O)C(C)(C)C(=O)Nc2cccc(C#N)c2)cc1OC. The number of ether oxygens (including phenoxy) is 2. The molecule has 0 aromatic heterocycles. The highest BCUT2D eigenvalue weighted by Crippen LogP contribution is 2.30. The topological polar surface area (TPSA) is 100 Å². The van der Waals surface area contributed by atoms with E-state index in [9.17, 15) is 9.59 Å². The molecule has 0 aliphatic heterocycles. The molecule has 0 unspecified atom stereocenters. The fourth-order valence-electron chi connectivity index (χ4n) is 2.26. The second kappa shape index (κ2) is 8.23. The molecule has 140 valence electrons. The largest absolute Gasteiger partial charge is 0.493 e. The molecule has 0 saturated heterocycles. The Morgan fingerprint density at radius 1 is 0.926 bits per heavy atom. The number of amides is 2. The van der Waals surface area contributed by atoms with Crippen molar-refractivity contribution in [3.8, 4) is 17.6 Å². The molecule has 0 aliphatic rings. The lowest BCUT2D eigenvalue weighted by molar-refractivity contribution is -0.135. The van der Waals surface area contributed by atoms with Crippen LogP contribution in [-0.4, -0.2) is 26.0 Å². The van der Waals surface area contributed by atoms with Gasteiger partial charge >= 0.3 is 0 Å². The summed E-state index contributed by atoms with van der Waals surface area (Å²) in [7, 11) is 3.01. The highest BCUT2D eigenvalue weighted by Gasteiger charge is 2.36. The average Bonchev–Trinajstić information content (AvgIpc) is 2.67. The minimum Gasteiger partial charge on any atom is -0.493 e. The molecule has 0 radical (unpaired) electrons. The summed E-state index contributed by atoms with van der Waals surface area (Å²) in [6, 6.07) is 13.4. The van der Waals surface area contributed by atoms with Crippen molar-refractivity contribution in [1.29, 1.82) is 5.26 Å². The summed E-state index contributed by atoms with van der Waals surface area (Å²) < 4.78 is 10.4. The van der Waals surface area contributed by atoms with Gasteiger partial charge in [0.25, 0.3) is 0 Å². The van der Waals surface area contributed by atoms with E-state index in [0.717, 1.165) is 0 Å². The van der Waals surface area contributed by atoms with Crippen LogP contribution in [0.4, 0.5) is 11.4 Å². The van der Waals surface area contributed by atoms with Crippen molar-refractivity contribution in [2.45, 2.75) is 13.8 Å². The van der Waals surface area contributed by atoms with Crippen molar-refractivity contribution >= 4 is 23.2 Å². The normalized spacial score (nSPS) is 10.5. The summed E-state index contributed by atoms with van der Waals surface area (Å²) in [5.41, 5.74) is -0.00746. The maximum absolute atomic E-state index is 12.6.